The number of ether oxygens (including phenoxy) is 2. The summed E-state index contributed by atoms with van der Waals surface area (Å²) >= 11 is 11.8. The van der Waals surface area contributed by atoms with Crippen LogP contribution in [0.3, 0.4) is 0 Å². The van der Waals surface area contributed by atoms with E-state index < -0.39 is 5.91 Å². The van der Waals surface area contributed by atoms with E-state index in [9.17, 15) is 4.79 Å². The lowest BCUT2D eigenvalue weighted by Gasteiger charge is -2.07. The van der Waals surface area contributed by atoms with Gasteiger partial charge in [0.15, 0.2) is 23.7 Å². The minimum atomic E-state index is -0.502. The molecule has 1 N–H and O–H groups in total. The molecular weight excluding hydrogens is 421 g/mol. The molecule has 0 fully saturated rings. The van der Waals surface area contributed by atoms with Gasteiger partial charge in [-0.25, -0.2) is 0 Å². The summed E-state index contributed by atoms with van der Waals surface area (Å²) in [7, 11) is 1.55. The highest BCUT2D eigenvalue weighted by atomic mass is 35.5. The average Bonchev–Trinajstić information content (AvgIpc) is 3.33. The number of nitrogens with one attached hydrogen (secondary N) is 1. The van der Waals surface area contributed by atoms with Gasteiger partial charge in [0.1, 0.15) is 5.75 Å². The van der Waals surface area contributed by atoms with Crippen LogP contribution in [0, 0.1) is 0 Å². The molecule has 10 heteroatoms. The maximum absolute atomic E-state index is 12.1. The summed E-state index contributed by atoms with van der Waals surface area (Å²) in [5.74, 6) is 0.868. The predicted molar refractivity (Wildman–Crippen MR) is 107 cm³/mol. The van der Waals surface area contributed by atoms with Crippen molar-refractivity contribution in [3.05, 3.63) is 52.5 Å². The molecule has 4 rings (SSSR count). The summed E-state index contributed by atoms with van der Waals surface area (Å²) < 4.78 is 21.8. The third kappa shape index (κ3) is 4.13. The van der Waals surface area contributed by atoms with E-state index in [1.54, 1.807) is 31.4 Å². The molecular formula is C19H13Cl2N3O5. The van der Waals surface area contributed by atoms with E-state index in [1.165, 1.54) is 6.07 Å². The van der Waals surface area contributed by atoms with Gasteiger partial charge in [0.05, 0.1) is 12.1 Å². The normalized spacial score (nSPS) is 10.9. The van der Waals surface area contributed by atoms with Gasteiger partial charge in [-0.05, 0) is 30.3 Å². The zero-order valence-electron chi connectivity index (χ0n) is 14.9. The molecule has 0 radical (unpaired) electrons. The Morgan fingerprint density at radius 1 is 1.10 bits per heavy atom. The number of benzene rings is 2. The minimum Gasteiger partial charge on any atom is -0.493 e. The van der Waals surface area contributed by atoms with Crippen LogP contribution < -0.4 is 14.8 Å². The van der Waals surface area contributed by atoms with Crippen LogP contribution in [0.15, 0.2) is 51.3 Å². The molecule has 1 amide bonds. The summed E-state index contributed by atoms with van der Waals surface area (Å²) in [6.07, 6.45) is 0. The molecule has 0 aliphatic carbocycles. The molecule has 0 aliphatic rings. The number of carbonyl (C=O) groups is 1. The molecule has 2 aromatic heterocycles. The molecule has 0 saturated heterocycles. The van der Waals surface area contributed by atoms with Crippen LogP contribution >= 0.6 is 23.2 Å². The summed E-state index contributed by atoms with van der Waals surface area (Å²) in [4.78, 5) is 12.1. The summed E-state index contributed by atoms with van der Waals surface area (Å²) in [6.45, 7) is -0.305. The second-order valence-electron chi connectivity index (χ2n) is 5.81. The smallest absolute Gasteiger partial charge is 0.322 e. The van der Waals surface area contributed by atoms with Gasteiger partial charge < -0.3 is 18.3 Å². The number of aromatic nitrogens is 2. The van der Waals surface area contributed by atoms with Gasteiger partial charge in [0, 0.05) is 10.4 Å². The summed E-state index contributed by atoms with van der Waals surface area (Å²) in [6, 6.07) is 11.8. The number of methoxy groups -OCH3 is 1. The van der Waals surface area contributed by atoms with Crippen LogP contribution in [0.4, 0.5) is 6.01 Å². The molecule has 148 valence electrons. The van der Waals surface area contributed by atoms with Crippen molar-refractivity contribution in [2.45, 2.75) is 0 Å². The van der Waals surface area contributed by atoms with E-state index in [2.05, 4.69) is 15.5 Å². The highest BCUT2D eigenvalue weighted by Crippen LogP contribution is 2.33. The topological polar surface area (TPSA) is 99.6 Å². The Morgan fingerprint density at radius 3 is 2.76 bits per heavy atom. The SMILES string of the molecule is COc1cccc2cc(-c3nnc(NC(=O)COc4ccc(Cl)cc4Cl)o3)oc12. The zero-order chi connectivity index (χ0) is 20.4. The molecule has 2 aromatic carbocycles. The maximum atomic E-state index is 12.1. The van der Waals surface area contributed by atoms with Gasteiger partial charge in [0.2, 0.25) is 0 Å². The van der Waals surface area contributed by atoms with Gasteiger partial charge in [-0.2, -0.15) is 0 Å². The Kier molecular flexibility index (Phi) is 5.28. The van der Waals surface area contributed by atoms with E-state index in [-0.39, 0.29) is 18.5 Å². The van der Waals surface area contributed by atoms with E-state index in [0.717, 1.165) is 5.39 Å². The molecule has 29 heavy (non-hydrogen) atoms. The number of nitrogens with zero attached hydrogens (tertiary/aromatic N) is 2. The van der Waals surface area contributed by atoms with Gasteiger partial charge in [-0.1, -0.05) is 40.4 Å². The van der Waals surface area contributed by atoms with E-state index in [1.807, 2.05) is 12.1 Å². The Morgan fingerprint density at radius 2 is 1.97 bits per heavy atom. The number of halogens is 2. The molecule has 0 bridgehead atoms. The van der Waals surface area contributed by atoms with Crippen LogP contribution in [0.25, 0.3) is 22.6 Å². The third-order valence-corrected chi connectivity index (χ3v) is 4.39. The molecule has 4 aromatic rings. The quantitative estimate of drug-likeness (QED) is 0.465. The Balaban J connectivity index is 1.43. The average molecular weight is 434 g/mol. The monoisotopic (exact) mass is 433 g/mol. The lowest BCUT2D eigenvalue weighted by Crippen LogP contribution is -2.20. The molecule has 8 nitrogen and oxygen atoms in total. The lowest BCUT2D eigenvalue weighted by atomic mass is 10.2. The zero-order valence-corrected chi connectivity index (χ0v) is 16.5. The van der Waals surface area contributed by atoms with Gasteiger partial charge in [-0.15, -0.1) is 5.10 Å². The van der Waals surface area contributed by atoms with Crippen LogP contribution in [-0.2, 0) is 4.79 Å². The van der Waals surface area contributed by atoms with Crippen molar-refractivity contribution >= 4 is 46.1 Å². The number of carbonyl (C=O) groups excluding carboxylic acids is 1. The molecule has 0 aliphatic heterocycles. The third-order valence-electron chi connectivity index (χ3n) is 3.86. The predicted octanol–water partition coefficient (Wildman–Crippen LogP) is 4.82. The van der Waals surface area contributed by atoms with Crippen LogP contribution in [0.5, 0.6) is 11.5 Å². The molecule has 0 spiro atoms. The van der Waals surface area contributed by atoms with Crippen molar-refractivity contribution in [2.24, 2.45) is 0 Å². The van der Waals surface area contributed by atoms with Crippen LogP contribution in [-0.4, -0.2) is 29.8 Å². The molecule has 0 saturated carbocycles. The van der Waals surface area contributed by atoms with Gasteiger partial charge in [-0.3, -0.25) is 10.1 Å². The van der Waals surface area contributed by atoms with Crippen molar-refractivity contribution in [1.29, 1.82) is 0 Å². The Hall–Kier alpha value is -3.23. The lowest BCUT2D eigenvalue weighted by molar-refractivity contribution is -0.118. The highest BCUT2D eigenvalue weighted by molar-refractivity contribution is 6.35. The largest absolute Gasteiger partial charge is 0.493 e. The standard InChI is InChI=1S/C19H13Cl2N3O5/c1-26-14-4-2-3-10-7-15(28-17(10)14)18-23-24-19(29-18)22-16(25)9-27-13-6-5-11(20)8-12(13)21/h2-8H,9H2,1H3,(H,22,24,25). The summed E-state index contributed by atoms with van der Waals surface area (Å²) in [5, 5.41) is 11.7. The molecule has 2 heterocycles. The van der Waals surface area contributed by atoms with E-state index in [4.69, 9.17) is 41.5 Å². The second kappa shape index (κ2) is 8.02. The maximum Gasteiger partial charge on any atom is 0.322 e. The van der Waals surface area contributed by atoms with Crippen molar-refractivity contribution in [1.82, 2.24) is 10.2 Å². The second-order valence-corrected chi connectivity index (χ2v) is 6.66. The number of rotatable bonds is 6. The highest BCUT2D eigenvalue weighted by Gasteiger charge is 2.17. The molecule has 0 atom stereocenters. The number of fused-ring (bicyclic) bond motifs is 1. The fourth-order valence-electron chi connectivity index (χ4n) is 2.57. The van der Waals surface area contributed by atoms with E-state index >= 15 is 0 Å². The number of amides is 1. The van der Waals surface area contributed by atoms with Crippen molar-refractivity contribution in [3.8, 4) is 23.1 Å². The van der Waals surface area contributed by atoms with Crippen LogP contribution in [0.1, 0.15) is 0 Å². The Bertz CT molecular complexity index is 1190. The number of para-hydroxylation sites is 1. The van der Waals surface area contributed by atoms with Gasteiger partial charge >= 0.3 is 6.01 Å². The molecule has 0 unspecified atom stereocenters. The number of anilines is 1. The van der Waals surface area contributed by atoms with Crippen molar-refractivity contribution in [2.75, 3.05) is 19.0 Å². The van der Waals surface area contributed by atoms with Crippen molar-refractivity contribution < 1.29 is 23.1 Å². The Labute approximate surface area is 174 Å². The fourth-order valence-corrected chi connectivity index (χ4v) is 3.03. The first-order chi connectivity index (χ1) is 14.0. The van der Waals surface area contributed by atoms with E-state index in [0.29, 0.717) is 32.9 Å². The first-order valence-electron chi connectivity index (χ1n) is 8.31. The number of hydrogen-bond donors (Lipinski definition) is 1. The fraction of sp³-hybridized carbons (Fsp3) is 0.105. The van der Waals surface area contributed by atoms with Crippen LogP contribution in [0.2, 0.25) is 10.0 Å². The summed E-state index contributed by atoms with van der Waals surface area (Å²) in [5.41, 5.74) is 0.557. The number of hydrogen-bond acceptors (Lipinski definition) is 7. The minimum absolute atomic E-state index is 0.0942. The first-order valence-corrected chi connectivity index (χ1v) is 9.07. The first kappa shape index (κ1) is 19.1. The number of furan rings is 1. The van der Waals surface area contributed by atoms with Crippen molar-refractivity contribution in [3.63, 3.8) is 0 Å². The van der Waals surface area contributed by atoms with Gasteiger partial charge in [0.25, 0.3) is 11.8 Å².